The zero-order valence-electron chi connectivity index (χ0n) is 23.0. The van der Waals surface area contributed by atoms with Crippen LogP contribution in [0.15, 0.2) is 84.9 Å². The first-order valence-electron chi connectivity index (χ1n) is 13.2. The molecule has 0 saturated carbocycles. The number of hydrogen-bond donors (Lipinski definition) is 0. The molecule has 204 valence electrons. The third-order valence-electron chi connectivity index (χ3n) is 6.73. The highest BCUT2D eigenvalue weighted by atomic mass is 16.6. The lowest BCUT2D eigenvalue weighted by molar-refractivity contribution is -0.158. The van der Waals surface area contributed by atoms with Crippen molar-refractivity contribution in [3.63, 3.8) is 0 Å². The normalized spacial score (nSPS) is 16.1. The molecule has 0 fully saturated rings. The van der Waals surface area contributed by atoms with Crippen LogP contribution in [0.5, 0.6) is 0 Å². The lowest BCUT2D eigenvalue weighted by Crippen LogP contribution is -2.55. The van der Waals surface area contributed by atoms with Crippen molar-refractivity contribution >= 4 is 18.0 Å². The maximum absolute atomic E-state index is 14.2. The molecule has 3 aromatic rings. The van der Waals surface area contributed by atoms with Crippen molar-refractivity contribution in [3.8, 4) is 0 Å². The number of esters is 1. The first-order chi connectivity index (χ1) is 18.6. The zero-order chi connectivity index (χ0) is 28.0. The number of rotatable bonds is 7. The summed E-state index contributed by atoms with van der Waals surface area (Å²) in [5.41, 5.74) is 2.93. The lowest BCUT2D eigenvalue weighted by Gasteiger charge is -2.35. The second kappa shape index (κ2) is 12.2. The molecule has 7 heteroatoms. The fourth-order valence-electron chi connectivity index (χ4n) is 4.67. The molecule has 2 amide bonds. The highest BCUT2D eigenvalue weighted by Crippen LogP contribution is 2.26. The molecular formula is C32H36N2O5. The highest BCUT2D eigenvalue weighted by Gasteiger charge is 2.41. The second-order valence-electron chi connectivity index (χ2n) is 10.8. The summed E-state index contributed by atoms with van der Waals surface area (Å²) in [6.45, 7) is 5.69. The minimum absolute atomic E-state index is 0.102. The summed E-state index contributed by atoms with van der Waals surface area (Å²) in [4.78, 5) is 43.8. The third kappa shape index (κ3) is 7.25. The lowest BCUT2D eigenvalue weighted by atomic mass is 10.0. The van der Waals surface area contributed by atoms with E-state index in [1.807, 2.05) is 84.9 Å². The van der Waals surface area contributed by atoms with Gasteiger partial charge >= 0.3 is 12.1 Å². The molecule has 3 aromatic carbocycles. The number of nitrogens with zero attached hydrogens (tertiary/aromatic N) is 2. The molecule has 2 atom stereocenters. The number of amides is 2. The Bertz CT molecular complexity index is 1290. The average molecular weight is 529 g/mol. The van der Waals surface area contributed by atoms with Gasteiger partial charge in [0, 0.05) is 26.4 Å². The van der Waals surface area contributed by atoms with E-state index in [9.17, 15) is 14.4 Å². The largest absolute Gasteiger partial charge is 0.459 e. The maximum atomic E-state index is 14.2. The molecule has 0 N–H and O–H groups in total. The van der Waals surface area contributed by atoms with E-state index >= 15 is 0 Å². The van der Waals surface area contributed by atoms with Crippen LogP contribution in [-0.2, 0) is 45.1 Å². The van der Waals surface area contributed by atoms with Crippen molar-refractivity contribution in [2.45, 2.75) is 64.4 Å². The van der Waals surface area contributed by atoms with Crippen LogP contribution in [-0.4, -0.2) is 52.5 Å². The zero-order valence-corrected chi connectivity index (χ0v) is 23.0. The van der Waals surface area contributed by atoms with Gasteiger partial charge in [-0.2, -0.15) is 0 Å². The van der Waals surface area contributed by atoms with Gasteiger partial charge in [-0.25, -0.2) is 9.59 Å². The Morgan fingerprint density at radius 1 is 0.897 bits per heavy atom. The fraction of sp³-hybridized carbons (Fsp3) is 0.344. The molecule has 1 aliphatic rings. The molecule has 0 aromatic heterocycles. The fourth-order valence-corrected chi connectivity index (χ4v) is 4.67. The SMILES string of the molecule is CN(C(=O)OC(C)(C)C)[C@H]1Cc2ccccc2CN(C(Cc2ccccc2)C(=O)OCc2ccccc2)C1=O. The van der Waals surface area contributed by atoms with Crippen LogP contribution in [0.2, 0.25) is 0 Å². The Labute approximate surface area is 230 Å². The van der Waals surface area contributed by atoms with Gasteiger partial charge in [-0.1, -0.05) is 84.9 Å². The van der Waals surface area contributed by atoms with Gasteiger partial charge in [0.15, 0.2) is 0 Å². The minimum atomic E-state index is -0.885. The maximum Gasteiger partial charge on any atom is 0.410 e. The van der Waals surface area contributed by atoms with Crippen molar-refractivity contribution in [1.29, 1.82) is 0 Å². The van der Waals surface area contributed by atoms with Gasteiger partial charge in [0.25, 0.3) is 0 Å². The van der Waals surface area contributed by atoms with Gasteiger partial charge in [-0.15, -0.1) is 0 Å². The number of hydrogen-bond acceptors (Lipinski definition) is 5. The molecule has 7 nitrogen and oxygen atoms in total. The van der Waals surface area contributed by atoms with Crippen molar-refractivity contribution in [2.24, 2.45) is 0 Å². The smallest absolute Gasteiger partial charge is 0.410 e. The van der Waals surface area contributed by atoms with Crippen LogP contribution in [0.3, 0.4) is 0 Å². The molecule has 0 bridgehead atoms. The van der Waals surface area contributed by atoms with E-state index in [0.717, 1.165) is 22.3 Å². The number of ether oxygens (including phenoxy) is 2. The Morgan fingerprint density at radius 2 is 1.46 bits per heavy atom. The second-order valence-corrected chi connectivity index (χ2v) is 10.8. The number of carbonyl (C=O) groups excluding carboxylic acids is 3. The summed E-state index contributed by atoms with van der Waals surface area (Å²) in [6, 6.07) is 25.0. The number of carbonyl (C=O) groups is 3. The third-order valence-corrected chi connectivity index (χ3v) is 6.73. The van der Waals surface area contributed by atoms with Gasteiger partial charge < -0.3 is 14.4 Å². The Morgan fingerprint density at radius 3 is 2.08 bits per heavy atom. The summed E-state index contributed by atoms with van der Waals surface area (Å²) in [5, 5.41) is 0. The van der Waals surface area contributed by atoms with E-state index in [1.54, 1.807) is 32.7 Å². The predicted molar refractivity (Wildman–Crippen MR) is 149 cm³/mol. The van der Waals surface area contributed by atoms with Gasteiger partial charge in [0.2, 0.25) is 5.91 Å². The van der Waals surface area contributed by atoms with Crippen LogP contribution in [0.25, 0.3) is 0 Å². The standard InChI is InChI=1S/C32H36N2O5/c1-32(2,3)39-31(37)33(4)27-20-25-17-11-12-18-26(25)21-34(29(27)35)28(19-23-13-7-5-8-14-23)30(36)38-22-24-15-9-6-10-16-24/h5-18,27-28H,19-22H2,1-4H3/t27-,28?/m0/s1. The van der Waals surface area contributed by atoms with E-state index < -0.39 is 29.7 Å². The summed E-state index contributed by atoms with van der Waals surface area (Å²) >= 11 is 0. The summed E-state index contributed by atoms with van der Waals surface area (Å²) in [5.74, 6) is -0.814. The molecule has 0 spiro atoms. The van der Waals surface area contributed by atoms with Gasteiger partial charge in [0.05, 0.1) is 0 Å². The molecule has 39 heavy (non-hydrogen) atoms. The molecule has 1 heterocycles. The summed E-state index contributed by atoms with van der Waals surface area (Å²) < 4.78 is 11.3. The van der Waals surface area contributed by atoms with Gasteiger partial charge in [-0.3, -0.25) is 9.69 Å². The minimum Gasteiger partial charge on any atom is -0.459 e. The van der Waals surface area contributed by atoms with Crippen LogP contribution >= 0.6 is 0 Å². The first-order valence-corrected chi connectivity index (χ1v) is 13.2. The summed E-state index contributed by atoms with van der Waals surface area (Å²) in [7, 11) is 1.57. The number of fused-ring (bicyclic) bond motifs is 1. The topological polar surface area (TPSA) is 76.2 Å². The van der Waals surface area contributed by atoms with Gasteiger partial charge in [-0.05, 0) is 43.0 Å². The average Bonchev–Trinajstić information content (AvgIpc) is 3.06. The van der Waals surface area contributed by atoms with E-state index in [0.29, 0.717) is 6.42 Å². The van der Waals surface area contributed by atoms with Crippen molar-refractivity contribution in [2.75, 3.05) is 7.05 Å². The molecular weight excluding hydrogens is 492 g/mol. The molecule has 1 unspecified atom stereocenters. The van der Waals surface area contributed by atoms with Gasteiger partial charge in [0.1, 0.15) is 24.3 Å². The number of likely N-dealkylation sites (N-methyl/N-ethyl adjacent to an activating group) is 1. The van der Waals surface area contributed by atoms with Crippen molar-refractivity contribution < 1.29 is 23.9 Å². The molecule has 4 rings (SSSR count). The Hall–Kier alpha value is -4.13. The van der Waals surface area contributed by atoms with E-state index in [1.165, 1.54) is 4.90 Å². The molecule has 1 aliphatic heterocycles. The van der Waals surface area contributed by atoms with Crippen molar-refractivity contribution in [3.05, 3.63) is 107 Å². The molecule has 0 aliphatic carbocycles. The summed E-state index contributed by atoms with van der Waals surface area (Å²) in [6.07, 6.45) is 0.00955. The van der Waals surface area contributed by atoms with E-state index in [2.05, 4.69) is 0 Å². The number of benzene rings is 3. The van der Waals surface area contributed by atoms with Crippen molar-refractivity contribution in [1.82, 2.24) is 9.80 Å². The highest BCUT2D eigenvalue weighted by molar-refractivity contribution is 5.90. The Kier molecular flexibility index (Phi) is 8.69. The van der Waals surface area contributed by atoms with E-state index in [4.69, 9.17) is 9.47 Å². The van der Waals surface area contributed by atoms with Crippen LogP contribution < -0.4 is 0 Å². The first kappa shape index (κ1) is 27.9. The quantitative estimate of drug-likeness (QED) is 0.396. The monoisotopic (exact) mass is 528 g/mol. The molecule has 0 saturated heterocycles. The van der Waals surface area contributed by atoms with Crippen LogP contribution in [0.4, 0.5) is 4.79 Å². The van der Waals surface area contributed by atoms with Crippen LogP contribution in [0.1, 0.15) is 43.0 Å². The van der Waals surface area contributed by atoms with Crippen LogP contribution in [0, 0.1) is 0 Å². The van der Waals surface area contributed by atoms with E-state index in [-0.39, 0.29) is 25.5 Å². The molecule has 0 radical (unpaired) electrons. The Balaban J connectivity index is 1.69. The predicted octanol–water partition coefficient (Wildman–Crippen LogP) is 5.16.